The van der Waals surface area contributed by atoms with E-state index in [1.807, 2.05) is 0 Å². The van der Waals surface area contributed by atoms with Crippen LogP contribution in [0.1, 0.15) is 11.3 Å². The number of para-hydroxylation sites is 2. The molecule has 9 nitrogen and oxygen atoms in total. The van der Waals surface area contributed by atoms with E-state index < -0.39 is 10.1 Å². The Morgan fingerprint density at radius 1 is 1.03 bits per heavy atom. The highest BCUT2D eigenvalue weighted by atomic mass is 35.5. The molecule has 0 saturated carbocycles. The van der Waals surface area contributed by atoms with Crippen LogP contribution in [0.2, 0.25) is 5.02 Å². The topological polar surface area (TPSA) is 137 Å². The number of hydrogen-bond acceptors (Lipinski definition) is 8. The van der Waals surface area contributed by atoms with Gasteiger partial charge in [0.15, 0.2) is 11.5 Å². The van der Waals surface area contributed by atoms with Crippen LogP contribution in [-0.2, 0) is 27.6 Å². The van der Waals surface area contributed by atoms with E-state index in [1.54, 1.807) is 59.3 Å². The lowest BCUT2D eigenvalue weighted by atomic mass is 10.1. The van der Waals surface area contributed by atoms with Gasteiger partial charge < -0.3 is 14.9 Å². The minimum atomic E-state index is -4.05. The molecule has 1 heterocycles. The number of nitrogens with zero attached hydrogens (tertiary/aromatic N) is 2. The molecule has 0 radical (unpaired) electrons. The van der Waals surface area contributed by atoms with Crippen molar-refractivity contribution in [2.45, 2.75) is 18.1 Å². The zero-order valence-corrected chi connectivity index (χ0v) is 19.2. The first-order valence-corrected chi connectivity index (χ1v) is 11.7. The van der Waals surface area contributed by atoms with Crippen molar-refractivity contribution in [3.8, 4) is 28.4 Å². The lowest BCUT2D eigenvalue weighted by Crippen LogP contribution is -2.11. The Kier molecular flexibility index (Phi) is 6.87. The third-order valence-corrected chi connectivity index (χ3v) is 6.47. The molecular weight excluding hydrogens is 482 g/mol. The maximum Gasteiger partial charge on any atom is 0.312 e. The number of aliphatic hydroxyl groups is 1. The van der Waals surface area contributed by atoms with Crippen LogP contribution in [0.25, 0.3) is 16.9 Å². The van der Waals surface area contributed by atoms with Gasteiger partial charge in [0.25, 0.3) is 0 Å². The van der Waals surface area contributed by atoms with Crippen LogP contribution >= 0.6 is 11.6 Å². The summed E-state index contributed by atoms with van der Waals surface area (Å²) in [7, 11) is -4.05. The predicted octanol–water partition coefficient (Wildman–Crippen LogP) is 3.55. The zero-order valence-electron chi connectivity index (χ0n) is 17.6. The number of rotatable bonds is 8. The molecule has 4 aromatic rings. The Morgan fingerprint density at radius 3 is 2.41 bits per heavy atom. The van der Waals surface area contributed by atoms with Crippen molar-refractivity contribution < 1.29 is 27.7 Å². The van der Waals surface area contributed by atoms with Crippen LogP contribution < -0.4 is 10.6 Å². The van der Waals surface area contributed by atoms with Gasteiger partial charge in [0, 0.05) is 10.6 Å². The van der Waals surface area contributed by atoms with Crippen molar-refractivity contribution >= 4 is 21.7 Å². The van der Waals surface area contributed by atoms with Crippen LogP contribution in [0, 0.1) is 0 Å². The Labute approximate surface area is 200 Å². The summed E-state index contributed by atoms with van der Waals surface area (Å²) in [5, 5.41) is 24.4. The third-order valence-electron chi connectivity index (χ3n) is 5.02. The number of aromatic nitrogens is 2. The Balaban J connectivity index is 1.74. The van der Waals surface area contributed by atoms with Crippen molar-refractivity contribution in [3.63, 3.8) is 0 Å². The average molecular weight is 502 g/mol. The smallest absolute Gasteiger partial charge is 0.312 e. The number of aliphatic hydroxyl groups excluding tert-OH is 1. The monoisotopic (exact) mass is 501 g/mol. The fraction of sp³-hybridized carbons (Fsp3) is 0.0870. The normalized spacial score (nSPS) is 11.5. The molecule has 0 saturated heterocycles. The SMILES string of the molecule is NOS(=O)(=O)c1ccc(-n2nc(COc3ccccc3O)cc2-c2ccc(CO)c(Cl)c2)cc1. The van der Waals surface area contributed by atoms with Crippen LogP contribution in [0.3, 0.4) is 0 Å². The van der Waals surface area contributed by atoms with E-state index >= 15 is 0 Å². The van der Waals surface area contributed by atoms with Crippen molar-refractivity contribution in [1.82, 2.24) is 9.78 Å². The van der Waals surface area contributed by atoms with Gasteiger partial charge in [-0.3, -0.25) is 0 Å². The highest BCUT2D eigenvalue weighted by Crippen LogP contribution is 2.30. The van der Waals surface area contributed by atoms with Gasteiger partial charge in [0.2, 0.25) is 0 Å². The molecule has 0 amide bonds. The highest BCUT2D eigenvalue weighted by Gasteiger charge is 2.17. The number of aromatic hydroxyl groups is 1. The Hall–Kier alpha value is -3.41. The van der Waals surface area contributed by atoms with E-state index in [9.17, 15) is 18.6 Å². The summed E-state index contributed by atoms with van der Waals surface area (Å²) in [5.74, 6) is 5.17. The van der Waals surface area contributed by atoms with Gasteiger partial charge in [0.1, 0.15) is 12.3 Å². The molecule has 0 bridgehead atoms. The first-order chi connectivity index (χ1) is 16.3. The standard InChI is InChI=1S/C23H20ClN3O6S/c24-20-11-15(5-6-16(20)13-28)21-12-17(14-32-23-4-2-1-3-22(23)29)26-27(21)18-7-9-19(10-8-18)34(30,31)33-25/h1-12,28-29H,13-14,25H2. The third kappa shape index (κ3) is 4.91. The molecule has 1 aromatic heterocycles. The number of nitrogens with two attached hydrogens (primary N) is 1. The van der Waals surface area contributed by atoms with Gasteiger partial charge in [-0.2, -0.15) is 23.7 Å². The molecular formula is C23H20ClN3O6S. The molecule has 0 aliphatic rings. The minimum absolute atomic E-state index is 0.00690. The predicted molar refractivity (Wildman–Crippen MR) is 125 cm³/mol. The van der Waals surface area contributed by atoms with Gasteiger partial charge in [-0.25, -0.2) is 4.68 Å². The van der Waals surface area contributed by atoms with Gasteiger partial charge in [-0.1, -0.05) is 35.9 Å². The zero-order chi connectivity index (χ0) is 24.3. The number of phenols is 1. The highest BCUT2D eigenvalue weighted by molar-refractivity contribution is 7.86. The van der Waals surface area contributed by atoms with E-state index in [4.69, 9.17) is 22.2 Å². The molecule has 0 atom stereocenters. The second kappa shape index (κ2) is 9.84. The minimum Gasteiger partial charge on any atom is -0.504 e. The largest absolute Gasteiger partial charge is 0.504 e. The molecule has 0 aliphatic carbocycles. The lowest BCUT2D eigenvalue weighted by molar-refractivity contribution is 0.282. The first-order valence-electron chi connectivity index (χ1n) is 9.95. The lowest BCUT2D eigenvalue weighted by Gasteiger charge is -2.10. The second-order valence-corrected chi connectivity index (χ2v) is 9.18. The quantitative estimate of drug-likeness (QED) is 0.312. The number of ether oxygens (including phenoxy) is 1. The molecule has 0 spiro atoms. The molecule has 176 valence electrons. The summed E-state index contributed by atoms with van der Waals surface area (Å²) in [6, 6.07) is 19.4. The second-order valence-electron chi connectivity index (χ2n) is 7.20. The van der Waals surface area contributed by atoms with E-state index in [2.05, 4.69) is 9.38 Å². The number of hydrogen-bond donors (Lipinski definition) is 3. The summed E-state index contributed by atoms with van der Waals surface area (Å²) in [5.41, 5.74) is 3.04. The van der Waals surface area contributed by atoms with Gasteiger partial charge in [0.05, 0.1) is 22.9 Å². The molecule has 0 unspecified atom stereocenters. The number of benzene rings is 3. The van der Waals surface area contributed by atoms with Crippen molar-refractivity contribution in [1.29, 1.82) is 0 Å². The van der Waals surface area contributed by atoms with E-state index in [1.165, 1.54) is 18.2 Å². The summed E-state index contributed by atoms with van der Waals surface area (Å²) in [6.45, 7) is -0.134. The molecule has 0 fully saturated rings. The Morgan fingerprint density at radius 2 is 1.76 bits per heavy atom. The van der Waals surface area contributed by atoms with Gasteiger partial charge >= 0.3 is 10.1 Å². The maximum absolute atomic E-state index is 11.8. The van der Waals surface area contributed by atoms with Crippen LogP contribution in [0.15, 0.2) is 77.7 Å². The van der Waals surface area contributed by atoms with Crippen LogP contribution in [-0.4, -0.2) is 28.4 Å². The van der Waals surface area contributed by atoms with Crippen molar-refractivity contribution in [2.75, 3.05) is 0 Å². The van der Waals surface area contributed by atoms with Gasteiger partial charge in [-0.05, 0) is 54.1 Å². The molecule has 11 heteroatoms. The first kappa shape index (κ1) is 23.7. The molecule has 0 aliphatic heterocycles. The molecule has 4 rings (SSSR count). The number of halogens is 1. The molecule has 4 N–H and O–H groups in total. The van der Waals surface area contributed by atoms with E-state index in [-0.39, 0.29) is 23.9 Å². The summed E-state index contributed by atoms with van der Waals surface area (Å²) in [4.78, 5) is -0.106. The van der Waals surface area contributed by atoms with E-state index in [0.717, 1.165) is 0 Å². The van der Waals surface area contributed by atoms with Crippen LogP contribution in [0.5, 0.6) is 11.5 Å². The van der Waals surface area contributed by atoms with Crippen LogP contribution in [0.4, 0.5) is 0 Å². The summed E-state index contributed by atoms with van der Waals surface area (Å²) < 4.78 is 35.1. The van der Waals surface area contributed by atoms with E-state index in [0.29, 0.717) is 39.0 Å². The molecule has 3 aromatic carbocycles. The molecule has 34 heavy (non-hydrogen) atoms. The van der Waals surface area contributed by atoms with Crippen molar-refractivity contribution in [3.05, 3.63) is 89.1 Å². The summed E-state index contributed by atoms with van der Waals surface area (Å²) >= 11 is 6.30. The fourth-order valence-electron chi connectivity index (χ4n) is 3.28. The van der Waals surface area contributed by atoms with Crippen molar-refractivity contribution in [2.24, 2.45) is 5.90 Å². The maximum atomic E-state index is 11.8. The fourth-order valence-corrected chi connectivity index (χ4v) is 4.10. The summed E-state index contributed by atoms with van der Waals surface area (Å²) in [6.07, 6.45) is 0. The number of phenolic OH excluding ortho intramolecular Hbond substituents is 1. The average Bonchev–Trinajstić information content (AvgIpc) is 3.28. The Bertz CT molecular complexity index is 1420. The van der Waals surface area contributed by atoms with Gasteiger partial charge in [-0.15, -0.1) is 0 Å².